The van der Waals surface area contributed by atoms with Gasteiger partial charge in [0.1, 0.15) is 11.6 Å². The monoisotopic (exact) mass is 307 g/mol. The van der Waals surface area contributed by atoms with E-state index in [1.165, 1.54) is 12.1 Å². The second kappa shape index (κ2) is 7.43. The molecule has 0 spiro atoms. The van der Waals surface area contributed by atoms with Crippen LogP contribution in [0.15, 0.2) is 42.5 Å². The van der Waals surface area contributed by atoms with Crippen LogP contribution in [0.5, 0.6) is 5.75 Å². The number of nitrogens with one attached hydrogen (secondary N) is 1. The molecule has 0 aliphatic heterocycles. The highest BCUT2D eigenvalue weighted by Crippen LogP contribution is 2.30. The Morgan fingerprint density at radius 1 is 1.19 bits per heavy atom. The van der Waals surface area contributed by atoms with Gasteiger partial charge in [-0.15, -0.1) is 0 Å². The Morgan fingerprint density at radius 2 is 2.00 bits per heavy atom. The smallest absolute Gasteiger partial charge is 0.123 e. The van der Waals surface area contributed by atoms with Gasteiger partial charge in [0.15, 0.2) is 0 Å². The summed E-state index contributed by atoms with van der Waals surface area (Å²) >= 11 is 6.24. The summed E-state index contributed by atoms with van der Waals surface area (Å²) in [5.41, 5.74) is 1.72. The second-order valence-corrected chi connectivity index (χ2v) is 5.07. The zero-order valence-corrected chi connectivity index (χ0v) is 13.0. The third-order valence-corrected chi connectivity index (χ3v) is 3.52. The highest BCUT2D eigenvalue weighted by atomic mass is 35.5. The lowest BCUT2D eigenvalue weighted by Crippen LogP contribution is -2.22. The van der Waals surface area contributed by atoms with Gasteiger partial charge in [0, 0.05) is 5.02 Å². The average Bonchev–Trinajstić information content (AvgIpc) is 2.48. The van der Waals surface area contributed by atoms with Crippen molar-refractivity contribution in [2.45, 2.75) is 19.9 Å². The van der Waals surface area contributed by atoms with Gasteiger partial charge < -0.3 is 10.1 Å². The molecule has 112 valence electrons. The minimum Gasteiger partial charge on any atom is -0.494 e. The summed E-state index contributed by atoms with van der Waals surface area (Å²) in [7, 11) is 0. The Balaban J connectivity index is 2.42. The summed E-state index contributed by atoms with van der Waals surface area (Å²) in [5.74, 6) is 0.503. The number of ether oxygens (including phenoxy) is 1. The minimum absolute atomic E-state index is 0.168. The minimum atomic E-state index is -0.293. The molecule has 0 saturated carbocycles. The maximum Gasteiger partial charge on any atom is 0.123 e. The van der Waals surface area contributed by atoms with E-state index in [4.69, 9.17) is 16.3 Å². The van der Waals surface area contributed by atoms with Crippen molar-refractivity contribution in [1.82, 2.24) is 5.32 Å². The van der Waals surface area contributed by atoms with Gasteiger partial charge in [-0.3, -0.25) is 0 Å². The molecule has 0 amide bonds. The Kier molecular flexibility index (Phi) is 5.59. The molecule has 0 fully saturated rings. The van der Waals surface area contributed by atoms with Crippen LogP contribution in [0.2, 0.25) is 5.02 Å². The van der Waals surface area contributed by atoms with Crippen molar-refractivity contribution in [1.29, 1.82) is 0 Å². The number of hydrogen-bond acceptors (Lipinski definition) is 2. The molecule has 21 heavy (non-hydrogen) atoms. The van der Waals surface area contributed by atoms with Gasteiger partial charge in [0.05, 0.1) is 12.6 Å². The molecule has 0 radical (unpaired) electrons. The lowest BCUT2D eigenvalue weighted by molar-refractivity contribution is 0.339. The molecule has 0 bridgehead atoms. The van der Waals surface area contributed by atoms with Gasteiger partial charge in [-0.1, -0.05) is 30.7 Å². The predicted octanol–water partition coefficient (Wildman–Crippen LogP) is 4.58. The van der Waals surface area contributed by atoms with Crippen LogP contribution >= 0.6 is 11.6 Å². The van der Waals surface area contributed by atoms with Crippen molar-refractivity contribution in [3.8, 4) is 5.75 Å². The first-order chi connectivity index (χ1) is 10.2. The highest BCUT2D eigenvalue weighted by molar-refractivity contribution is 6.31. The molecule has 1 unspecified atom stereocenters. The lowest BCUT2D eigenvalue weighted by atomic mass is 9.98. The zero-order valence-electron chi connectivity index (χ0n) is 12.2. The van der Waals surface area contributed by atoms with Crippen LogP contribution in [0.3, 0.4) is 0 Å². The summed E-state index contributed by atoms with van der Waals surface area (Å²) in [5, 5.41) is 3.89. The lowest BCUT2D eigenvalue weighted by Gasteiger charge is -2.21. The number of halogens is 2. The number of hydrogen-bond donors (Lipinski definition) is 1. The fraction of sp³-hybridized carbons (Fsp3) is 0.294. The van der Waals surface area contributed by atoms with Crippen molar-refractivity contribution in [3.05, 3.63) is 64.4 Å². The summed E-state index contributed by atoms with van der Waals surface area (Å²) < 4.78 is 19.1. The van der Waals surface area contributed by atoms with Gasteiger partial charge in [-0.2, -0.15) is 0 Å². The van der Waals surface area contributed by atoms with Crippen LogP contribution in [0.1, 0.15) is 31.0 Å². The third-order valence-electron chi connectivity index (χ3n) is 3.18. The largest absolute Gasteiger partial charge is 0.494 e. The quantitative estimate of drug-likeness (QED) is 0.843. The second-order valence-electron chi connectivity index (χ2n) is 4.66. The topological polar surface area (TPSA) is 21.3 Å². The van der Waals surface area contributed by atoms with Crippen LogP contribution in [-0.4, -0.2) is 13.2 Å². The standard InChI is InChI=1S/C17H19ClFNO/c1-3-20-17(15-11-13(19)8-9-16(15)18)12-6-5-7-14(10-12)21-4-2/h5-11,17,20H,3-4H2,1-2H3. The molecule has 0 heterocycles. The molecule has 2 nitrogen and oxygen atoms in total. The van der Waals surface area contributed by atoms with Crippen LogP contribution in [0.4, 0.5) is 4.39 Å². The van der Waals surface area contributed by atoms with Crippen LogP contribution in [-0.2, 0) is 0 Å². The fourth-order valence-corrected chi connectivity index (χ4v) is 2.52. The van der Waals surface area contributed by atoms with Crippen LogP contribution in [0, 0.1) is 5.82 Å². The highest BCUT2D eigenvalue weighted by Gasteiger charge is 2.17. The van der Waals surface area contributed by atoms with Crippen molar-refractivity contribution >= 4 is 11.6 Å². The van der Waals surface area contributed by atoms with Crippen molar-refractivity contribution in [3.63, 3.8) is 0 Å². The van der Waals surface area contributed by atoms with Crippen molar-refractivity contribution in [2.75, 3.05) is 13.2 Å². The van der Waals surface area contributed by atoms with E-state index in [2.05, 4.69) is 5.32 Å². The average molecular weight is 308 g/mol. The van der Waals surface area contributed by atoms with E-state index in [1.54, 1.807) is 6.07 Å². The number of benzene rings is 2. The van der Waals surface area contributed by atoms with Crippen molar-refractivity contribution < 1.29 is 9.13 Å². The SMILES string of the molecule is CCNC(c1cccc(OCC)c1)c1cc(F)ccc1Cl. The normalized spacial score (nSPS) is 12.2. The Hall–Kier alpha value is -1.58. The molecule has 0 aromatic heterocycles. The number of rotatable bonds is 6. The maximum absolute atomic E-state index is 13.6. The summed E-state index contributed by atoms with van der Waals surface area (Å²) in [4.78, 5) is 0. The molecule has 2 aromatic carbocycles. The molecule has 0 aliphatic rings. The molecule has 0 saturated heterocycles. The van der Waals surface area contributed by atoms with Gasteiger partial charge in [-0.05, 0) is 54.9 Å². The Morgan fingerprint density at radius 3 is 2.71 bits per heavy atom. The molecule has 2 rings (SSSR count). The van der Waals surface area contributed by atoms with Gasteiger partial charge >= 0.3 is 0 Å². The van der Waals surface area contributed by atoms with E-state index >= 15 is 0 Å². The first-order valence-corrected chi connectivity index (χ1v) is 7.44. The van der Waals surface area contributed by atoms with E-state index in [0.29, 0.717) is 11.6 Å². The Labute approximate surface area is 129 Å². The first kappa shape index (κ1) is 15.8. The van der Waals surface area contributed by atoms with E-state index in [1.807, 2.05) is 38.1 Å². The van der Waals surface area contributed by atoms with Gasteiger partial charge in [0.2, 0.25) is 0 Å². The molecule has 1 atom stereocenters. The van der Waals surface area contributed by atoms with Crippen LogP contribution < -0.4 is 10.1 Å². The first-order valence-electron chi connectivity index (χ1n) is 7.06. The zero-order chi connectivity index (χ0) is 15.2. The summed E-state index contributed by atoms with van der Waals surface area (Å²) in [6.45, 7) is 5.30. The molecule has 4 heteroatoms. The molecule has 0 aliphatic carbocycles. The molecular formula is C17H19ClFNO. The van der Waals surface area contributed by atoms with Gasteiger partial charge in [-0.25, -0.2) is 4.39 Å². The summed E-state index contributed by atoms with van der Waals surface area (Å²) in [6.07, 6.45) is 0. The predicted molar refractivity (Wildman–Crippen MR) is 84.5 cm³/mol. The Bertz CT molecular complexity index is 603. The van der Waals surface area contributed by atoms with E-state index < -0.39 is 0 Å². The molecule has 2 aromatic rings. The van der Waals surface area contributed by atoms with Crippen LogP contribution in [0.25, 0.3) is 0 Å². The summed E-state index contributed by atoms with van der Waals surface area (Å²) in [6, 6.07) is 12.0. The van der Waals surface area contributed by atoms with E-state index in [9.17, 15) is 4.39 Å². The van der Waals surface area contributed by atoms with E-state index in [-0.39, 0.29) is 11.9 Å². The van der Waals surface area contributed by atoms with Gasteiger partial charge in [0.25, 0.3) is 0 Å². The fourth-order valence-electron chi connectivity index (χ4n) is 2.30. The third kappa shape index (κ3) is 3.96. The van der Waals surface area contributed by atoms with Crippen molar-refractivity contribution in [2.24, 2.45) is 0 Å². The molecular weight excluding hydrogens is 289 g/mol. The van der Waals surface area contributed by atoms with E-state index in [0.717, 1.165) is 23.4 Å². The molecule has 1 N–H and O–H groups in total. The maximum atomic E-state index is 13.6.